The summed E-state index contributed by atoms with van der Waals surface area (Å²) >= 11 is 5.12. The smallest absolute Gasteiger partial charge is 0.0772 e. The Balaban J connectivity index is 2.20. The summed E-state index contributed by atoms with van der Waals surface area (Å²) in [5, 5.41) is 13.7. The minimum atomic E-state index is -0.457. The molecule has 1 aromatic carbocycles. The molecule has 0 saturated carbocycles. The zero-order valence-electron chi connectivity index (χ0n) is 9.59. The molecule has 0 unspecified atom stereocenters. The second-order valence-corrected chi connectivity index (χ2v) is 5.81. The summed E-state index contributed by atoms with van der Waals surface area (Å²) in [6.45, 7) is 1.76. The molecule has 0 fully saturated rings. The van der Waals surface area contributed by atoms with E-state index in [4.69, 9.17) is 0 Å². The Labute approximate surface area is 113 Å². The van der Waals surface area contributed by atoms with Crippen molar-refractivity contribution in [3.8, 4) is 0 Å². The Hall–Kier alpha value is -0.780. The van der Waals surface area contributed by atoms with Gasteiger partial charge in [0.05, 0.1) is 17.2 Å². The van der Waals surface area contributed by atoms with Gasteiger partial charge < -0.3 is 5.11 Å². The van der Waals surface area contributed by atoms with Crippen LogP contribution in [0.4, 0.5) is 0 Å². The number of hydrogen-bond acceptors (Lipinski definition) is 3. The van der Waals surface area contributed by atoms with E-state index in [1.807, 2.05) is 37.6 Å². The molecular weight excluding hydrogens is 300 g/mol. The molecule has 2 rings (SSSR count). The molecule has 5 heteroatoms. The van der Waals surface area contributed by atoms with Crippen molar-refractivity contribution < 1.29 is 5.11 Å². The second-order valence-electron chi connectivity index (χ2n) is 3.81. The predicted molar refractivity (Wildman–Crippen MR) is 72.1 cm³/mol. The summed E-state index contributed by atoms with van der Waals surface area (Å²) in [4.78, 5) is 2.22. The lowest BCUT2D eigenvalue weighted by molar-refractivity contribution is 0.198. The van der Waals surface area contributed by atoms with Crippen molar-refractivity contribution in [2.75, 3.05) is 0 Å². The van der Waals surface area contributed by atoms with Crippen molar-refractivity contribution in [3.63, 3.8) is 0 Å². The molecule has 0 saturated heterocycles. The minimum absolute atomic E-state index is 0.457. The quantitative estimate of drug-likeness (QED) is 0.944. The van der Waals surface area contributed by atoms with Crippen LogP contribution < -0.4 is 0 Å². The van der Waals surface area contributed by atoms with Gasteiger partial charge in [-0.2, -0.15) is 5.10 Å². The van der Waals surface area contributed by atoms with E-state index >= 15 is 0 Å². The first-order chi connectivity index (χ1) is 8.06. The molecule has 0 aliphatic carbocycles. The molecule has 0 amide bonds. The average Bonchev–Trinajstić information content (AvgIpc) is 2.63. The van der Waals surface area contributed by atoms with Gasteiger partial charge in [-0.15, -0.1) is 0 Å². The Morgan fingerprint density at radius 3 is 2.71 bits per heavy atom. The van der Waals surface area contributed by atoms with Gasteiger partial charge >= 0.3 is 0 Å². The third-order valence-electron chi connectivity index (χ3n) is 2.34. The predicted octanol–water partition coefficient (Wildman–Crippen LogP) is 3.39. The SMILES string of the molecule is C[C@@H](O)c1ccc(Sc2cnn(C)c2)cc1Br. The maximum Gasteiger partial charge on any atom is 0.0772 e. The zero-order valence-corrected chi connectivity index (χ0v) is 12.0. The fraction of sp³-hybridized carbons (Fsp3) is 0.250. The molecule has 1 N–H and O–H groups in total. The maximum absolute atomic E-state index is 9.54. The number of aromatic nitrogens is 2. The van der Waals surface area contributed by atoms with E-state index in [0.717, 1.165) is 19.8 Å². The first kappa shape index (κ1) is 12.7. The van der Waals surface area contributed by atoms with Crippen LogP contribution in [-0.4, -0.2) is 14.9 Å². The Kier molecular flexibility index (Phi) is 3.91. The highest BCUT2D eigenvalue weighted by atomic mass is 79.9. The highest BCUT2D eigenvalue weighted by molar-refractivity contribution is 9.10. The number of aryl methyl sites for hydroxylation is 1. The van der Waals surface area contributed by atoms with Crippen molar-refractivity contribution in [2.24, 2.45) is 7.05 Å². The number of halogens is 1. The molecule has 2 aromatic rings. The molecule has 0 spiro atoms. The highest BCUT2D eigenvalue weighted by Crippen LogP contribution is 2.32. The van der Waals surface area contributed by atoms with Crippen LogP contribution in [0.5, 0.6) is 0 Å². The molecule has 0 radical (unpaired) electrons. The van der Waals surface area contributed by atoms with Gasteiger partial charge in [0.2, 0.25) is 0 Å². The molecule has 1 atom stereocenters. The number of hydrogen-bond donors (Lipinski definition) is 1. The van der Waals surface area contributed by atoms with E-state index in [1.54, 1.807) is 23.4 Å². The van der Waals surface area contributed by atoms with Crippen LogP contribution in [0.3, 0.4) is 0 Å². The molecule has 1 aromatic heterocycles. The average molecular weight is 313 g/mol. The summed E-state index contributed by atoms with van der Waals surface area (Å²) in [6, 6.07) is 5.96. The van der Waals surface area contributed by atoms with E-state index in [0.29, 0.717) is 0 Å². The molecule has 0 aliphatic heterocycles. The second kappa shape index (κ2) is 5.25. The van der Waals surface area contributed by atoms with Gasteiger partial charge in [-0.3, -0.25) is 4.68 Å². The standard InChI is InChI=1S/C12H13BrN2OS/c1-8(16)11-4-3-9(5-12(11)13)17-10-6-14-15(2)7-10/h3-8,16H,1-2H3/t8-/m1/s1. The minimum Gasteiger partial charge on any atom is -0.389 e. The summed E-state index contributed by atoms with van der Waals surface area (Å²) in [7, 11) is 1.90. The lowest BCUT2D eigenvalue weighted by Gasteiger charge is -2.08. The van der Waals surface area contributed by atoms with E-state index in [2.05, 4.69) is 21.0 Å². The summed E-state index contributed by atoms with van der Waals surface area (Å²) in [5.74, 6) is 0. The van der Waals surface area contributed by atoms with Gasteiger partial charge in [0, 0.05) is 22.6 Å². The lowest BCUT2D eigenvalue weighted by atomic mass is 10.1. The van der Waals surface area contributed by atoms with E-state index < -0.39 is 6.10 Å². The van der Waals surface area contributed by atoms with Crippen LogP contribution in [0, 0.1) is 0 Å². The molecule has 0 bridgehead atoms. The van der Waals surface area contributed by atoms with Gasteiger partial charge in [0.25, 0.3) is 0 Å². The highest BCUT2D eigenvalue weighted by Gasteiger charge is 2.07. The monoisotopic (exact) mass is 312 g/mol. The van der Waals surface area contributed by atoms with Gasteiger partial charge in [-0.05, 0) is 24.6 Å². The Bertz CT molecular complexity index is 525. The van der Waals surface area contributed by atoms with Crippen LogP contribution in [-0.2, 0) is 7.05 Å². The molecular formula is C12H13BrN2OS. The van der Waals surface area contributed by atoms with Crippen LogP contribution in [0.1, 0.15) is 18.6 Å². The lowest BCUT2D eigenvalue weighted by Crippen LogP contribution is -1.92. The van der Waals surface area contributed by atoms with Crippen molar-refractivity contribution in [2.45, 2.75) is 22.8 Å². The summed E-state index contributed by atoms with van der Waals surface area (Å²) < 4.78 is 2.71. The first-order valence-corrected chi connectivity index (χ1v) is 6.81. The molecule has 90 valence electrons. The van der Waals surface area contributed by atoms with E-state index in [-0.39, 0.29) is 0 Å². The largest absolute Gasteiger partial charge is 0.389 e. The third-order valence-corrected chi connectivity index (χ3v) is 3.96. The maximum atomic E-state index is 9.54. The molecule has 17 heavy (non-hydrogen) atoms. The fourth-order valence-electron chi connectivity index (χ4n) is 1.50. The molecule has 3 nitrogen and oxygen atoms in total. The van der Waals surface area contributed by atoms with Gasteiger partial charge in [-0.1, -0.05) is 33.8 Å². The summed E-state index contributed by atoms with van der Waals surface area (Å²) in [5.41, 5.74) is 0.903. The van der Waals surface area contributed by atoms with Gasteiger partial charge in [0.1, 0.15) is 0 Å². The van der Waals surface area contributed by atoms with Crippen molar-refractivity contribution in [1.29, 1.82) is 0 Å². The number of aliphatic hydroxyl groups excluding tert-OH is 1. The number of aliphatic hydroxyl groups is 1. The number of nitrogens with zero attached hydrogens (tertiary/aromatic N) is 2. The zero-order chi connectivity index (χ0) is 12.4. The number of benzene rings is 1. The van der Waals surface area contributed by atoms with Crippen molar-refractivity contribution >= 4 is 27.7 Å². The normalized spacial score (nSPS) is 12.7. The molecule has 1 heterocycles. The van der Waals surface area contributed by atoms with E-state index in [1.165, 1.54) is 0 Å². The van der Waals surface area contributed by atoms with E-state index in [9.17, 15) is 5.11 Å². The molecule has 0 aliphatic rings. The van der Waals surface area contributed by atoms with Crippen LogP contribution in [0.2, 0.25) is 0 Å². The van der Waals surface area contributed by atoms with Gasteiger partial charge in [0.15, 0.2) is 0 Å². The van der Waals surface area contributed by atoms with Crippen LogP contribution in [0.15, 0.2) is 44.9 Å². The van der Waals surface area contributed by atoms with Gasteiger partial charge in [-0.25, -0.2) is 0 Å². The Morgan fingerprint density at radius 1 is 1.41 bits per heavy atom. The third kappa shape index (κ3) is 3.12. The Morgan fingerprint density at radius 2 is 2.18 bits per heavy atom. The van der Waals surface area contributed by atoms with Crippen molar-refractivity contribution in [3.05, 3.63) is 40.6 Å². The summed E-state index contributed by atoms with van der Waals surface area (Å²) in [6.07, 6.45) is 3.35. The van der Waals surface area contributed by atoms with Crippen LogP contribution >= 0.6 is 27.7 Å². The number of rotatable bonds is 3. The van der Waals surface area contributed by atoms with Crippen molar-refractivity contribution in [1.82, 2.24) is 9.78 Å². The fourth-order valence-corrected chi connectivity index (χ4v) is 3.25. The first-order valence-electron chi connectivity index (χ1n) is 5.20. The topological polar surface area (TPSA) is 38.1 Å². The van der Waals surface area contributed by atoms with Crippen LogP contribution in [0.25, 0.3) is 0 Å².